The van der Waals surface area contributed by atoms with Crippen LogP contribution in [0.2, 0.25) is 0 Å². The molecule has 9 heteroatoms. The van der Waals surface area contributed by atoms with E-state index in [0.717, 1.165) is 77.0 Å². The number of unbranched alkanes of at least 4 members (excludes halogenated alkanes) is 11. The molecular formula is C45H80N2O6P+. The second-order valence-corrected chi connectivity index (χ2v) is 16.4. The summed E-state index contributed by atoms with van der Waals surface area (Å²) in [6, 6.07) is -0.848. The second kappa shape index (κ2) is 36.3. The van der Waals surface area contributed by atoms with E-state index in [1.807, 2.05) is 34.1 Å². The molecule has 0 saturated carbocycles. The third-order valence-electron chi connectivity index (χ3n) is 8.60. The number of aliphatic hydroxyl groups is 1. The van der Waals surface area contributed by atoms with Crippen LogP contribution in [0.15, 0.2) is 85.1 Å². The van der Waals surface area contributed by atoms with Crippen molar-refractivity contribution in [3.63, 3.8) is 0 Å². The zero-order valence-electron chi connectivity index (χ0n) is 34.9. The lowest BCUT2D eigenvalue weighted by Crippen LogP contribution is -2.45. The van der Waals surface area contributed by atoms with Crippen LogP contribution in [0.1, 0.15) is 142 Å². The summed E-state index contributed by atoms with van der Waals surface area (Å²) in [7, 11) is 1.54. The lowest BCUT2D eigenvalue weighted by Gasteiger charge is -2.25. The smallest absolute Gasteiger partial charge is 0.387 e. The number of carbonyl (C=O) groups excluding carboxylic acids is 1. The molecule has 310 valence electrons. The Hall–Kier alpha value is -2.32. The fourth-order valence-electron chi connectivity index (χ4n) is 5.28. The molecule has 0 aromatic carbocycles. The first-order valence-corrected chi connectivity index (χ1v) is 22.5. The first-order chi connectivity index (χ1) is 26.0. The van der Waals surface area contributed by atoms with Gasteiger partial charge in [-0.3, -0.25) is 13.8 Å². The van der Waals surface area contributed by atoms with Crippen molar-refractivity contribution in [1.29, 1.82) is 0 Å². The third kappa shape index (κ3) is 38.0. The minimum absolute atomic E-state index is 0.0546. The number of hydrogen-bond acceptors (Lipinski definition) is 5. The molecule has 3 atom stereocenters. The van der Waals surface area contributed by atoms with Crippen LogP contribution in [-0.2, 0) is 18.4 Å². The maximum atomic E-state index is 12.7. The molecule has 0 bridgehead atoms. The highest BCUT2D eigenvalue weighted by atomic mass is 31.2. The molecule has 8 nitrogen and oxygen atoms in total. The van der Waals surface area contributed by atoms with Crippen molar-refractivity contribution in [2.45, 2.75) is 154 Å². The quantitative estimate of drug-likeness (QED) is 0.0253. The zero-order chi connectivity index (χ0) is 40.0. The van der Waals surface area contributed by atoms with Gasteiger partial charge in [-0.2, -0.15) is 0 Å². The van der Waals surface area contributed by atoms with Crippen molar-refractivity contribution in [2.24, 2.45) is 0 Å². The number of nitrogens with one attached hydrogen (secondary N) is 1. The number of hydrogen-bond donors (Lipinski definition) is 3. The van der Waals surface area contributed by atoms with Gasteiger partial charge in [0.2, 0.25) is 5.91 Å². The summed E-state index contributed by atoms with van der Waals surface area (Å²) in [5.41, 5.74) is 0. The van der Waals surface area contributed by atoms with E-state index >= 15 is 0 Å². The predicted molar refractivity (Wildman–Crippen MR) is 230 cm³/mol. The molecule has 0 aliphatic rings. The number of likely N-dealkylation sites (N-methyl/N-ethyl adjacent to an activating group) is 1. The van der Waals surface area contributed by atoms with Crippen LogP contribution < -0.4 is 5.32 Å². The lowest BCUT2D eigenvalue weighted by atomic mass is 10.0. The SMILES string of the molecule is CC/C=C\C/C=C\C/C=C\C/C=C\C/C=C\C/C=C\CCCCCCCCCCCCC(=O)NC(COP(=O)(O)OCC[N+](C)(C)C)C(O)/C=C/CCC. The van der Waals surface area contributed by atoms with E-state index in [-0.39, 0.29) is 19.1 Å². The summed E-state index contributed by atoms with van der Waals surface area (Å²) in [4.78, 5) is 22.8. The van der Waals surface area contributed by atoms with Crippen LogP contribution in [0.3, 0.4) is 0 Å². The van der Waals surface area contributed by atoms with Crippen LogP contribution in [0, 0.1) is 0 Å². The molecule has 1 amide bonds. The number of amides is 1. The Balaban J connectivity index is 3.95. The molecule has 0 rings (SSSR count). The summed E-state index contributed by atoms with van der Waals surface area (Å²) in [6.07, 6.45) is 50.3. The highest BCUT2D eigenvalue weighted by molar-refractivity contribution is 7.47. The Kier molecular flexibility index (Phi) is 34.8. The Labute approximate surface area is 331 Å². The Morgan fingerprint density at radius 1 is 0.648 bits per heavy atom. The van der Waals surface area contributed by atoms with Crippen molar-refractivity contribution in [3.05, 3.63) is 85.1 Å². The molecule has 0 aliphatic heterocycles. The Morgan fingerprint density at radius 3 is 1.59 bits per heavy atom. The molecule has 0 heterocycles. The van der Waals surface area contributed by atoms with Crippen molar-refractivity contribution in [2.75, 3.05) is 40.9 Å². The first-order valence-electron chi connectivity index (χ1n) is 21.0. The monoisotopic (exact) mass is 776 g/mol. The molecule has 0 aromatic heterocycles. The molecule has 0 aromatic rings. The largest absolute Gasteiger partial charge is 0.472 e. The summed E-state index contributed by atoms with van der Waals surface area (Å²) >= 11 is 0. The minimum Gasteiger partial charge on any atom is -0.387 e. The van der Waals surface area contributed by atoms with E-state index < -0.39 is 20.0 Å². The second-order valence-electron chi connectivity index (χ2n) is 15.0. The third-order valence-corrected chi connectivity index (χ3v) is 9.59. The fraction of sp³-hybridized carbons (Fsp3) is 0.667. The Bertz CT molecular complexity index is 1150. The number of phosphoric acid groups is 1. The standard InChI is InChI=1S/C45H79N2O6P/c1-6-8-10-11-12-13-14-15-16-17-18-19-20-21-22-23-24-25-26-27-28-29-30-31-32-33-34-35-37-39-45(49)46-43(44(48)38-36-9-7-2)42-53-54(50,51)52-41-40-47(3,4)5/h8,10,12-13,15-16,18-19,21-22,24-25,36,38,43-44,48H,6-7,9,11,14,17,20,23,26-35,37,39-42H2,1-5H3,(H-,46,49,50,51)/p+1/b10-8-,13-12-,16-15-,19-18-,22-21-,25-24-,38-36+. The van der Waals surface area contributed by atoms with E-state index in [9.17, 15) is 19.4 Å². The Morgan fingerprint density at radius 2 is 1.11 bits per heavy atom. The summed E-state index contributed by atoms with van der Waals surface area (Å²) < 4.78 is 23.2. The highest BCUT2D eigenvalue weighted by Crippen LogP contribution is 2.43. The highest BCUT2D eigenvalue weighted by Gasteiger charge is 2.27. The number of nitrogens with zero attached hydrogens (tertiary/aromatic N) is 1. The lowest BCUT2D eigenvalue weighted by molar-refractivity contribution is -0.870. The van der Waals surface area contributed by atoms with Gasteiger partial charge in [0.05, 0.1) is 39.9 Å². The molecule has 0 fully saturated rings. The number of phosphoric ester groups is 1. The number of allylic oxidation sites excluding steroid dienone is 13. The van der Waals surface area contributed by atoms with Crippen LogP contribution in [-0.4, -0.2) is 73.4 Å². The van der Waals surface area contributed by atoms with Crippen LogP contribution >= 0.6 is 7.82 Å². The molecule has 54 heavy (non-hydrogen) atoms. The molecule has 0 aliphatic carbocycles. The van der Waals surface area contributed by atoms with Gasteiger partial charge in [0, 0.05) is 6.42 Å². The van der Waals surface area contributed by atoms with Crippen molar-refractivity contribution < 1.29 is 32.9 Å². The topological polar surface area (TPSA) is 105 Å². The summed E-state index contributed by atoms with van der Waals surface area (Å²) in [5.74, 6) is -0.200. The minimum atomic E-state index is -4.32. The fourth-order valence-corrected chi connectivity index (χ4v) is 6.02. The van der Waals surface area contributed by atoms with Gasteiger partial charge in [-0.1, -0.05) is 157 Å². The van der Waals surface area contributed by atoms with Gasteiger partial charge in [0.1, 0.15) is 13.2 Å². The summed E-state index contributed by atoms with van der Waals surface area (Å²) in [5, 5.41) is 13.4. The van der Waals surface area contributed by atoms with Crippen molar-refractivity contribution in [3.8, 4) is 0 Å². The molecule has 0 saturated heterocycles. The van der Waals surface area contributed by atoms with E-state index in [2.05, 4.69) is 85.2 Å². The van der Waals surface area contributed by atoms with E-state index in [1.165, 1.54) is 44.9 Å². The van der Waals surface area contributed by atoms with E-state index in [4.69, 9.17) is 9.05 Å². The van der Waals surface area contributed by atoms with Gasteiger partial charge in [-0.25, -0.2) is 4.57 Å². The number of carbonyl (C=O) groups is 1. The average molecular weight is 776 g/mol. The number of quaternary nitrogens is 1. The van der Waals surface area contributed by atoms with E-state index in [0.29, 0.717) is 17.4 Å². The van der Waals surface area contributed by atoms with Crippen molar-refractivity contribution in [1.82, 2.24) is 5.32 Å². The molecule has 0 radical (unpaired) electrons. The summed E-state index contributed by atoms with van der Waals surface area (Å²) in [6.45, 7) is 4.45. The molecule has 3 unspecified atom stereocenters. The molecule has 0 spiro atoms. The normalized spacial score (nSPS) is 15.3. The predicted octanol–water partition coefficient (Wildman–Crippen LogP) is 11.4. The number of rotatable bonds is 36. The van der Waals surface area contributed by atoms with Crippen LogP contribution in [0.25, 0.3) is 0 Å². The maximum absolute atomic E-state index is 12.7. The van der Waals surface area contributed by atoms with Gasteiger partial charge in [0.15, 0.2) is 0 Å². The maximum Gasteiger partial charge on any atom is 0.472 e. The van der Waals surface area contributed by atoms with Gasteiger partial charge in [-0.05, 0) is 64.2 Å². The average Bonchev–Trinajstić information content (AvgIpc) is 3.12. The van der Waals surface area contributed by atoms with Gasteiger partial charge in [0.25, 0.3) is 0 Å². The van der Waals surface area contributed by atoms with Crippen LogP contribution in [0.4, 0.5) is 0 Å². The van der Waals surface area contributed by atoms with Gasteiger partial charge < -0.3 is 19.8 Å². The van der Waals surface area contributed by atoms with Crippen molar-refractivity contribution >= 4 is 13.7 Å². The first kappa shape index (κ1) is 51.7. The molecule has 3 N–H and O–H groups in total. The van der Waals surface area contributed by atoms with Gasteiger partial charge in [-0.15, -0.1) is 0 Å². The molecular weight excluding hydrogens is 695 g/mol. The van der Waals surface area contributed by atoms with Gasteiger partial charge >= 0.3 is 7.82 Å². The van der Waals surface area contributed by atoms with E-state index in [1.54, 1.807) is 6.08 Å². The van der Waals surface area contributed by atoms with Crippen LogP contribution in [0.5, 0.6) is 0 Å². The number of aliphatic hydroxyl groups excluding tert-OH is 1. The zero-order valence-corrected chi connectivity index (χ0v) is 35.8.